The highest BCUT2D eigenvalue weighted by atomic mass is 35.5. The molecule has 0 aliphatic carbocycles. The van der Waals surface area contributed by atoms with E-state index in [-0.39, 0.29) is 11.5 Å². The summed E-state index contributed by atoms with van der Waals surface area (Å²) in [5.74, 6) is -0.0863. The number of hydrogen-bond donors (Lipinski definition) is 1. The van der Waals surface area contributed by atoms with Gasteiger partial charge in [-0.15, -0.1) is 0 Å². The molecule has 26 heavy (non-hydrogen) atoms. The molecule has 1 heterocycles. The van der Waals surface area contributed by atoms with Crippen molar-refractivity contribution < 1.29 is 4.79 Å². The second kappa shape index (κ2) is 8.50. The molecule has 2 aromatic carbocycles. The van der Waals surface area contributed by atoms with E-state index in [2.05, 4.69) is 5.32 Å². The quantitative estimate of drug-likeness (QED) is 0.713. The molecule has 1 N–H and O–H groups in total. The molecule has 0 spiro atoms. The van der Waals surface area contributed by atoms with Crippen LogP contribution < -0.4 is 10.9 Å². The second-order valence-corrected chi connectivity index (χ2v) is 6.42. The Morgan fingerprint density at radius 1 is 0.962 bits per heavy atom. The summed E-state index contributed by atoms with van der Waals surface area (Å²) in [6.45, 7) is 0.353. The van der Waals surface area contributed by atoms with E-state index in [0.29, 0.717) is 30.1 Å². The predicted octanol–water partition coefficient (Wildman–Crippen LogP) is 4.12. The van der Waals surface area contributed by atoms with E-state index in [9.17, 15) is 9.59 Å². The SMILES string of the molecule is O=C(CCc1ccccc1)Nc1ccc(=O)n(Cc2ccccc2Cl)c1. The highest BCUT2D eigenvalue weighted by molar-refractivity contribution is 6.31. The third kappa shape index (κ3) is 4.83. The molecule has 1 aromatic heterocycles. The van der Waals surface area contributed by atoms with E-state index in [4.69, 9.17) is 11.6 Å². The van der Waals surface area contributed by atoms with Crippen LogP contribution in [0.1, 0.15) is 17.5 Å². The minimum absolute atomic E-state index is 0.0863. The Kier molecular flexibility index (Phi) is 5.87. The molecule has 4 nitrogen and oxygen atoms in total. The van der Waals surface area contributed by atoms with Gasteiger partial charge in [-0.05, 0) is 29.7 Å². The number of benzene rings is 2. The van der Waals surface area contributed by atoms with Crippen LogP contribution in [-0.2, 0) is 17.8 Å². The lowest BCUT2D eigenvalue weighted by molar-refractivity contribution is -0.116. The number of aryl methyl sites for hydroxylation is 1. The van der Waals surface area contributed by atoms with E-state index in [1.807, 2.05) is 48.5 Å². The first kappa shape index (κ1) is 18.0. The standard InChI is InChI=1S/C21H19ClN2O2/c22-19-9-5-4-8-17(19)14-24-15-18(11-13-21(24)26)23-20(25)12-10-16-6-2-1-3-7-16/h1-9,11,13,15H,10,12,14H2,(H,23,25). The number of rotatable bonds is 6. The van der Waals surface area contributed by atoms with Gasteiger partial charge in [0.1, 0.15) is 0 Å². The maximum atomic E-state index is 12.2. The second-order valence-electron chi connectivity index (χ2n) is 6.01. The number of halogens is 1. The van der Waals surface area contributed by atoms with Crippen LogP contribution in [0.4, 0.5) is 5.69 Å². The van der Waals surface area contributed by atoms with E-state index in [1.54, 1.807) is 18.3 Å². The Morgan fingerprint density at radius 2 is 1.69 bits per heavy atom. The Bertz CT molecular complexity index is 951. The lowest BCUT2D eigenvalue weighted by Crippen LogP contribution is -2.21. The van der Waals surface area contributed by atoms with Gasteiger partial charge in [0.25, 0.3) is 5.56 Å². The predicted molar refractivity (Wildman–Crippen MR) is 105 cm³/mol. The van der Waals surface area contributed by atoms with Gasteiger partial charge in [0.15, 0.2) is 0 Å². The van der Waals surface area contributed by atoms with Crippen molar-refractivity contribution in [2.24, 2.45) is 0 Å². The molecule has 0 aliphatic heterocycles. The van der Waals surface area contributed by atoms with Crippen LogP contribution in [0.25, 0.3) is 0 Å². The fourth-order valence-corrected chi connectivity index (χ4v) is 2.86. The summed E-state index contributed by atoms with van der Waals surface area (Å²) < 4.78 is 1.54. The van der Waals surface area contributed by atoms with Crippen molar-refractivity contribution in [2.75, 3.05) is 5.32 Å². The van der Waals surface area contributed by atoms with Gasteiger partial charge in [-0.2, -0.15) is 0 Å². The molecular weight excluding hydrogens is 348 g/mol. The van der Waals surface area contributed by atoms with Gasteiger partial charge in [-0.3, -0.25) is 9.59 Å². The van der Waals surface area contributed by atoms with Crippen molar-refractivity contribution in [1.82, 2.24) is 4.57 Å². The fraction of sp³-hybridized carbons (Fsp3) is 0.143. The van der Waals surface area contributed by atoms with Gasteiger partial charge in [0.05, 0.1) is 12.2 Å². The highest BCUT2D eigenvalue weighted by Gasteiger charge is 2.06. The zero-order chi connectivity index (χ0) is 18.4. The van der Waals surface area contributed by atoms with Gasteiger partial charge in [-0.25, -0.2) is 0 Å². The van der Waals surface area contributed by atoms with Crippen molar-refractivity contribution in [3.05, 3.63) is 99.4 Å². The van der Waals surface area contributed by atoms with E-state index in [0.717, 1.165) is 11.1 Å². The third-order valence-electron chi connectivity index (χ3n) is 4.05. The number of amides is 1. The van der Waals surface area contributed by atoms with E-state index >= 15 is 0 Å². The van der Waals surface area contributed by atoms with E-state index in [1.165, 1.54) is 10.6 Å². The van der Waals surface area contributed by atoms with Gasteiger partial charge >= 0.3 is 0 Å². The Balaban J connectivity index is 1.66. The first-order valence-electron chi connectivity index (χ1n) is 8.39. The number of carbonyl (C=O) groups is 1. The molecule has 0 saturated carbocycles. The molecule has 132 valence electrons. The third-order valence-corrected chi connectivity index (χ3v) is 4.42. The van der Waals surface area contributed by atoms with Crippen molar-refractivity contribution in [3.8, 4) is 0 Å². The van der Waals surface area contributed by atoms with Crippen molar-refractivity contribution in [3.63, 3.8) is 0 Å². The maximum Gasteiger partial charge on any atom is 0.250 e. The lowest BCUT2D eigenvalue weighted by atomic mass is 10.1. The molecule has 0 saturated heterocycles. The lowest BCUT2D eigenvalue weighted by Gasteiger charge is -2.11. The molecule has 0 unspecified atom stereocenters. The van der Waals surface area contributed by atoms with Crippen molar-refractivity contribution in [1.29, 1.82) is 0 Å². The maximum absolute atomic E-state index is 12.2. The van der Waals surface area contributed by atoms with Crippen LogP contribution in [0, 0.1) is 0 Å². The zero-order valence-electron chi connectivity index (χ0n) is 14.2. The number of nitrogens with zero attached hydrogens (tertiary/aromatic N) is 1. The van der Waals surface area contributed by atoms with Crippen LogP contribution in [0.5, 0.6) is 0 Å². The average Bonchev–Trinajstić information content (AvgIpc) is 2.65. The normalized spacial score (nSPS) is 10.5. The molecule has 1 amide bonds. The Hall–Kier alpha value is -2.85. The van der Waals surface area contributed by atoms with Crippen LogP contribution in [-0.4, -0.2) is 10.5 Å². The summed E-state index contributed by atoms with van der Waals surface area (Å²) in [7, 11) is 0. The van der Waals surface area contributed by atoms with Gasteiger partial charge < -0.3 is 9.88 Å². The van der Waals surface area contributed by atoms with E-state index < -0.39 is 0 Å². The molecule has 0 radical (unpaired) electrons. The molecule has 0 atom stereocenters. The largest absolute Gasteiger partial charge is 0.325 e. The average molecular weight is 367 g/mol. The molecule has 0 fully saturated rings. The van der Waals surface area contributed by atoms with Crippen LogP contribution >= 0.6 is 11.6 Å². The monoisotopic (exact) mass is 366 g/mol. The topological polar surface area (TPSA) is 51.1 Å². The molecule has 0 bridgehead atoms. The smallest absolute Gasteiger partial charge is 0.250 e. The summed E-state index contributed by atoms with van der Waals surface area (Å²) in [6.07, 6.45) is 2.70. The first-order valence-corrected chi connectivity index (χ1v) is 8.77. The number of anilines is 1. The minimum Gasteiger partial charge on any atom is -0.325 e. The van der Waals surface area contributed by atoms with Crippen LogP contribution in [0.3, 0.4) is 0 Å². The fourth-order valence-electron chi connectivity index (χ4n) is 2.67. The molecule has 3 rings (SSSR count). The number of carbonyl (C=O) groups excluding carboxylic acids is 1. The Morgan fingerprint density at radius 3 is 2.46 bits per heavy atom. The van der Waals surface area contributed by atoms with Crippen LogP contribution in [0.2, 0.25) is 5.02 Å². The van der Waals surface area contributed by atoms with Crippen LogP contribution in [0.15, 0.2) is 77.7 Å². The zero-order valence-corrected chi connectivity index (χ0v) is 14.9. The molecular formula is C21H19ClN2O2. The number of pyridine rings is 1. The summed E-state index contributed by atoms with van der Waals surface area (Å²) in [4.78, 5) is 24.3. The first-order chi connectivity index (χ1) is 12.6. The number of nitrogens with one attached hydrogen (secondary N) is 1. The van der Waals surface area contributed by atoms with Gasteiger partial charge in [0, 0.05) is 23.7 Å². The van der Waals surface area contributed by atoms with Crippen molar-refractivity contribution in [2.45, 2.75) is 19.4 Å². The van der Waals surface area contributed by atoms with Crippen molar-refractivity contribution >= 4 is 23.2 Å². The molecule has 0 aliphatic rings. The van der Waals surface area contributed by atoms with Gasteiger partial charge in [-0.1, -0.05) is 60.1 Å². The summed E-state index contributed by atoms with van der Waals surface area (Å²) >= 11 is 6.16. The Labute approximate surface area is 157 Å². The summed E-state index contributed by atoms with van der Waals surface area (Å²) in [5.41, 5.74) is 2.41. The minimum atomic E-state index is -0.146. The number of hydrogen-bond acceptors (Lipinski definition) is 2. The number of aromatic nitrogens is 1. The highest BCUT2D eigenvalue weighted by Crippen LogP contribution is 2.16. The summed E-state index contributed by atoms with van der Waals surface area (Å²) in [5, 5.41) is 3.46. The summed E-state index contributed by atoms with van der Waals surface area (Å²) in [6, 6.07) is 20.3. The molecule has 3 aromatic rings. The van der Waals surface area contributed by atoms with Gasteiger partial charge in [0.2, 0.25) is 5.91 Å². The molecule has 5 heteroatoms.